The average molecular weight is 348 g/mol. The van der Waals surface area contributed by atoms with Gasteiger partial charge in [-0.05, 0) is 18.3 Å². The first-order valence-corrected chi connectivity index (χ1v) is 9.63. The molecule has 5 heteroatoms. The quantitative estimate of drug-likeness (QED) is 0.644. The first-order chi connectivity index (χ1) is 11.0. The largest absolute Gasteiger partial charge is 0.396 e. The lowest BCUT2D eigenvalue weighted by atomic mass is 9.88. The molecule has 0 aromatic rings. The first kappa shape index (κ1) is 21.3. The highest BCUT2D eigenvalue weighted by molar-refractivity contribution is 7.09. The Morgan fingerprint density at radius 3 is 2.52 bits per heavy atom. The van der Waals surface area contributed by atoms with Gasteiger partial charge in [-0.3, -0.25) is 0 Å². The highest BCUT2D eigenvalue weighted by Crippen LogP contribution is 2.31. The van der Waals surface area contributed by atoms with Gasteiger partial charge in [0.05, 0.1) is 44.1 Å². The van der Waals surface area contributed by atoms with Crippen LogP contribution >= 0.6 is 9.47 Å². The molecule has 1 heterocycles. The van der Waals surface area contributed by atoms with Crippen LogP contribution in [0.15, 0.2) is 0 Å². The molecular formula is C18H37O4P. The zero-order chi connectivity index (χ0) is 17.3. The molecule has 1 aliphatic heterocycles. The number of aliphatic hydroxyl groups is 1. The van der Waals surface area contributed by atoms with Gasteiger partial charge in [-0.2, -0.15) is 0 Å². The highest BCUT2D eigenvalue weighted by atomic mass is 31.0. The Labute approximate surface area is 144 Å². The Morgan fingerprint density at radius 1 is 1.26 bits per heavy atom. The Kier molecular flexibility index (Phi) is 10.2. The minimum atomic E-state index is -0.458. The summed E-state index contributed by atoms with van der Waals surface area (Å²) >= 11 is 0. The predicted octanol–water partition coefficient (Wildman–Crippen LogP) is 3.82. The van der Waals surface area contributed by atoms with Crippen molar-refractivity contribution in [2.45, 2.75) is 72.0 Å². The van der Waals surface area contributed by atoms with Crippen LogP contribution in [-0.2, 0) is 14.0 Å². The maximum absolute atomic E-state index is 9.87. The van der Waals surface area contributed by atoms with Crippen LogP contribution in [0.5, 0.6) is 0 Å². The fourth-order valence-corrected chi connectivity index (χ4v) is 3.65. The van der Waals surface area contributed by atoms with E-state index in [9.17, 15) is 5.11 Å². The van der Waals surface area contributed by atoms with E-state index in [1.165, 1.54) is 12.8 Å². The van der Waals surface area contributed by atoms with E-state index in [4.69, 9.17) is 14.0 Å². The Hall–Kier alpha value is 0.270. The monoisotopic (exact) mass is 348 g/mol. The van der Waals surface area contributed by atoms with Gasteiger partial charge in [-0.1, -0.05) is 47.0 Å². The second-order valence-corrected chi connectivity index (χ2v) is 7.84. The van der Waals surface area contributed by atoms with E-state index in [1.807, 2.05) is 0 Å². The number of ether oxygens (including phenoxy) is 2. The summed E-state index contributed by atoms with van der Waals surface area (Å²) in [4.78, 5) is 0. The lowest BCUT2D eigenvalue weighted by Gasteiger charge is -2.39. The number of aliphatic hydroxyl groups excluding tert-OH is 1. The molecule has 0 spiro atoms. The summed E-state index contributed by atoms with van der Waals surface area (Å²) in [6, 6.07) is 0. The SMILES string of the molecule is CCCC(C)CC1CC(C(C)CC)OCC(CO)(COP)CO1. The van der Waals surface area contributed by atoms with E-state index in [1.54, 1.807) is 0 Å². The zero-order valence-electron chi connectivity index (χ0n) is 15.4. The maximum atomic E-state index is 9.87. The average Bonchev–Trinajstić information content (AvgIpc) is 2.53. The van der Waals surface area contributed by atoms with Crippen molar-refractivity contribution in [2.24, 2.45) is 17.3 Å². The summed E-state index contributed by atoms with van der Waals surface area (Å²) in [6.45, 7) is 10.4. The zero-order valence-corrected chi connectivity index (χ0v) is 16.6. The third kappa shape index (κ3) is 6.96. The summed E-state index contributed by atoms with van der Waals surface area (Å²) < 4.78 is 17.7. The molecule has 0 radical (unpaired) electrons. The second kappa shape index (κ2) is 11.0. The van der Waals surface area contributed by atoms with Gasteiger partial charge in [0.1, 0.15) is 0 Å². The molecule has 1 rings (SSSR count). The van der Waals surface area contributed by atoms with Crippen molar-refractivity contribution in [1.82, 2.24) is 0 Å². The lowest BCUT2D eigenvalue weighted by molar-refractivity contribution is -0.152. The third-order valence-corrected chi connectivity index (χ3v) is 5.34. The Balaban J connectivity index is 2.81. The molecule has 0 bridgehead atoms. The van der Waals surface area contributed by atoms with E-state index < -0.39 is 5.41 Å². The third-order valence-electron chi connectivity index (χ3n) is 5.17. The van der Waals surface area contributed by atoms with Gasteiger partial charge < -0.3 is 19.1 Å². The van der Waals surface area contributed by atoms with Crippen LogP contribution in [0.3, 0.4) is 0 Å². The molecule has 0 saturated carbocycles. The Morgan fingerprint density at radius 2 is 1.96 bits per heavy atom. The number of rotatable bonds is 9. The summed E-state index contributed by atoms with van der Waals surface area (Å²) in [5.41, 5.74) is -0.458. The van der Waals surface area contributed by atoms with Crippen molar-refractivity contribution in [2.75, 3.05) is 26.4 Å². The molecule has 1 fully saturated rings. The maximum Gasteiger partial charge on any atom is 0.0638 e. The normalized spacial score (nSPS) is 32.1. The van der Waals surface area contributed by atoms with E-state index in [2.05, 4.69) is 37.2 Å². The van der Waals surface area contributed by atoms with Crippen molar-refractivity contribution in [1.29, 1.82) is 0 Å². The van der Waals surface area contributed by atoms with Crippen molar-refractivity contribution >= 4 is 9.47 Å². The van der Waals surface area contributed by atoms with Gasteiger partial charge in [-0.15, -0.1) is 0 Å². The minimum absolute atomic E-state index is 0.0197. The lowest BCUT2D eigenvalue weighted by Crippen LogP contribution is -2.46. The molecular weight excluding hydrogens is 311 g/mol. The molecule has 4 nitrogen and oxygen atoms in total. The number of hydrogen-bond donors (Lipinski definition) is 1. The molecule has 138 valence electrons. The fraction of sp³-hybridized carbons (Fsp3) is 1.00. The van der Waals surface area contributed by atoms with E-state index in [0.29, 0.717) is 31.7 Å². The van der Waals surface area contributed by atoms with Gasteiger partial charge >= 0.3 is 0 Å². The van der Waals surface area contributed by atoms with Crippen LogP contribution < -0.4 is 0 Å². The molecule has 6 atom stereocenters. The van der Waals surface area contributed by atoms with Crippen LogP contribution in [0.25, 0.3) is 0 Å². The van der Waals surface area contributed by atoms with Crippen molar-refractivity contribution in [3.8, 4) is 0 Å². The summed E-state index contributed by atoms with van der Waals surface area (Å²) in [5.74, 6) is 1.15. The minimum Gasteiger partial charge on any atom is -0.396 e. The number of hydrogen-bond acceptors (Lipinski definition) is 4. The summed E-state index contributed by atoms with van der Waals surface area (Å²) in [5, 5.41) is 9.87. The van der Waals surface area contributed by atoms with Crippen LogP contribution in [0.1, 0.15) is 59.8 Å². The van der Waals surface area contributed by atoms with E-state index in [0.717, 1.165) is 19.3 Å². The predicted molar refractivity (Wildman–Crippen MR) is 97.4 cm³/mol. The highest BCUT2D eigenvalue weighted by Gasteiger charge is 2.37. The summed E-state index contributed by atoms with van der Waals surface area (Å²) in [7, 11) is 2.27. The molecule has 0 aliphatic carbocycles. The molecule has 0 aromatic carbocycles. The molecule has 0 amide bonds. The van der Waals surface area contributed by atoms with Crippen molar-refractivity contribution in [3.63, 3.8) is 0 Å². The van der Waals surface area contributed by atoms with Gasteiger partial charge in [0.15, 0.2) is 0 Å². The van der Waals surface area contributed by atoms with Gasteiger partial charge in [-0.25, -0.2) is 0 Å². The van der Waals surface area contributed by atoms with Gasteiger partial charge in [0, 0.05) is 15.9 Å². The Bertz CT molecular complexity index is 315. The molecule has 1 saturated heterocycles. The molecule has 23 heavy (non-hydrogen) atoms. The van der Waals surface area contributed by atoms with Crippen LogP contribution in [-0.4, -0.2) is 43.7 Å². The fourth-order valence-electron chi connectivity index (χ4n) is 3.30. The van der Waals surface area contributed by atoms with Gasteiger partial charge in [0.2, 0.25) is 0 Å². The van der Waals surface area contributed by atoms with E-state index >= 15 is 0 Å². The van der Waals surface area contributed by atoms with Crippen LogP contribution in [0, 0.1) is 17.3 Å². The van der Waals surface area contributed by atoms with Crippen molar-refractivity contribution in [3.05, 3.63) is 0 Å². The first-order valence-electron chi connectivity index (χ1n) is 9.16. The smallest absolute Gasteiger partial charge is 0.0638 e. The summed E-state index contributed by atoms with van der Waals surface area (Å²) in [6.07, 6.45) is 5.93. The van der Waals surface area contributed by atoms with Gasteiger partial charge in [0.25, 0.3) is 0 Å². The molecule has 1 aliphatic rings. The van der Waals surface area contributed by atoms with Crippen LogP contribution in [0.4, 0.5) is 0 Å². The standard InChI is InChI=1S/C18H37O4P/c1-5-7-14(3)8-16-9-17(15(4)6-2)21-12-18(10-19,11-20-16)13-22-23/h14-17,19H,5-13,23H2,1-4H3. The van der Waals surface area contributed by atoms with Crippen LogP contribution in [0.2, 0.25) is 0 Å². The van der Waals surface area contributed by atoms with E-state index in [-0.39, 0.29) is 18.8 Å². The van der Waals surface area contributed by atoms with Crippen molar-refractivity contribution < 1.29 is 19.1 Å². The molecule has 0 aromatic heterocycles. The molecule has 1 N–H and O–H groups in total. The topological polar surface area (TPSA) is 47.9 Å². The molecule has 6 unspecified atom stereocenters. The second-order valence-electron chi connectivity index (χ2n) is 7.50.